The van der Waals surface area contributed by atoms with Crippen molar-refractivity contribution in [3.63, 3.8) is 0 Å². The second-order valence-electron chi connectivity index (χ2n) is 3.69. The topological polar surface area (TPSA) is 51.8 Å². The van der Waals surface area contributed by atoms with Gasteiger partial charge < -0.3 is 5.73 Å². The number of rotatable bonds is 1. The normalized spacial score (nSPS) is 10.4. The molecule has 2 aromatic heterocycles. The van der Waals surface area contributed by atoms with Crippen molar-refractivity contribution in [2.24, 2.45) is 0 Å². The third-order valence-electron chi connectivity index (χ3n) is 2.52. The van der Waals surface area contributed by atoms with Crippen molar-refractivity contribution in [2.75, 3.05) is 5.73 Å². The molecule has 0 saturated carbocycles. The van der Waals surface area contributed by atoms with E-state index in [1.165, 1.54) is 11.3 Å². The molecule has 0 aliphatic carbocycles. The summed E-state index contributed by atoms with van der Waals surface area (Å²) in [6.07, 6.45) is 2.72. The molecule has 0 bridgehead atoms. The van der Waals surface area contributed by atoms with E-state index in [9.17, 15) is 4.39 Å². The Kier molecular flexibility index (Phi) is 4.06. The van der Waals surface area contributed by atoms with Crippen LogP contribution in [-0.2, 0) is 17.1 Å². The number of nitrogen functional groups attached to an aromatic ring is 1. The predicted molar refractivity (Wildman–Crippen MR) is 72.2 cm³/mol. The average molecular weight is 336 g/mol. The molecule has 2 N–H and O–H groups in total. The van der Waals surface area contributed by atoms with Gasteiger partial charge in [-0.3, -0.25) is 4.98 Å². The number of nitrogens with two attached hydrogens (primary N) is 1. The van der Waals surface area contributed by atoms with Crippen LogP contribution in [0.2, 0.25) is 5.02 Å². The molecular weight excluding hydrogens is 329 g/mol. The van der Waals surface area contributed by atoms with Crippen LogP contribution in [0, 0.1) is 5.82 Å². The van der Waals surface area contributed by atoms with Crippen LogP contribution in [0.15, 0.2) is 30.6 Å². The van der Waals surface area contributed by atoms with Gasteiger partial charge in [0.15, 0.2) is 5.82 Å². The first-order valence-electron chi connectivity index (χ1n) is 5.11. The number of aromatic nitrogens is 2. The molecular formula is C12H7ClFFeN3S. The summed E-state index contributed by atoms with van der Waals surface area (Å²) in [5.74, 6) is -0.444. The van der Waals surface area contributed by atoms with E-state index in [4.69, 9.17) is 17.3 Å². The van der Waals surface area contributed by atoms with Gasteiger partial charge in [0.25, 0.3) is 0 Å². The number of thiazole rings is 1. The van der Waals surface area contributed by atoms with Gasteiger partial charge in [-0.25, -0.2) is 9.37 Å². The van der Waals surface area contributed by atoms with Crippen LogP contribution in [-0.4, -0.2) is 9.97 Å². The summed E-state index contributed by atoms with van der Waals surface area (Å²) in [6.45, 7) is 0. The smallest absolute Gasteiger partial charge is 0.168 e. The SMILES string of the molecule is Nc1cccc(Cl)c1-c1nc2c(F)cncc2s1.[Fe]. The van der Waals surface area contributed by atoms with E-state index in [-0.39, 0.29) is 17.1 Å². The van der Waals surface area contributed by atoms with Crippen LogP contribution >= 0.6 is 22.9 Å². The monoisotopic (exact) mass is 335 g/mol. The molecule has 2 heterocycles. The van der Waals surface area contributed by atoms with E-state index in [1.807, 2.05) is 0 Å². The van der Waals surface area contributed by atoms with E-state index in [0.717, 1.165) is 6.20 Å². The summed E-state index contributed by atoms with van der Waals surface area (Å²) in [6, 6.07) is 5.23. The van der Waals surface area contributed by atoms with Crippen molar-refractivity contribution in [3.05, 3.63) is 41.4 Å². The van der Waals surface area contributed by atoms with Gasteiger partial charge in [-0.1, -0.05) is 17.7 Å². The van der Waals surface area contributed by atoms with Crippen LogP contribution < -0.4 is 5.73 Å². The van der Waals surface area contributed by atoms with E-state index < -0.39 is 5.82 Å². The molecule has 7 heteroatoms. The number of hydrogen-bond donors (Lipinski definition) is 1. The molecule has 0 radical (unpaired) electrons. The quantitative estimate of drug-likeness (QED) is 0.544. The largest absolute Gasteiger partial charge is 0.398 e. The molecule has 19 heavy (non-hydrogen) atoms. The minimum atomic E-state index is -0.444. The average Bonchev–Trinajstić information content (AvgIpc) is 2.74. The maximum Gasteiger partial charge on any atom is 0.168 e. The Bertz CT molecular complexity index is 727. The van der Waals surface area contributed by atoms with Gasteiger partial charge in [0.05, 0.1) is 21.5 Å². The van der Waals surface area contributed by atoms with Crippen molar-refractivity contribution in [2.45, 2.75) is 0 Å². The zero-order valence-corrected chi connectivity index (χ0v) is 12.1. The van der Waals surface area contributed by atoms with E-state index in [2.05, 4.69) is 9.97 Å². The van der Waals surface area contributed by atoms with E-state index in [0.29, 0.717) is 31.5 Å². The van der Waals surface area contributed by atoms with Gasteiger partial charge in [-0.05, 0) is 12.1 Å². The zero-order chi connectivity index (χ0) is 12.7. The van der Waals surface area contributed by atoms with Gasteiger partial charge in [-0.2, -0.15) is 0 Å². The first-order valence-corrected chi connectivity index (χ1v) is 6.30. The first-order chi connectivity index (χ1) is 8.66. The van der Waals surface area contributed by atoms with Gasteiger partial charge in [-0.15, -0.1) is 11.3 Å². The third kappa shape index (κ3) is 2.44. The van der Waals surface area contributed by atoms with E-state index >= 15 is 0 Å². The molecule has 1 aromatic carbocycles. The van der Waals surface area contributed by atoms with Crippen molar-refractivity contribution >= 4 is 38.8 Å². The molecule has 0 fully saturated rings. The number of nitrogens with zero attached hydrogens (tertiary/aromatic N) is 2. The second kappa shape index (κ2) is 5.43. The Morgan fingerprint density at radius 2 is 2.05 bits per heavy atom. The molecule has 0 aliphatic rings. The third-order valence-corrected chi connectivity index (χ3v) is 3.84. The van der Waals surface area contributed by atoms with Crippen LogP contribution in [0.25, 0.3) is 20.8 Å². The summed E-state index contributed by atoms with van der Waals surface area (Å²) in [5.41, 5.74) is 7.34. The minimum Gasteiger partial charge on any atom is -0.398 e. The molecule has 0 unspecified atom stereocenters. The molecule has 0 aliphatic heterocycles. The predicted octanol–water partition coefficient (Wildman–Crippen LogP) is 3.73. The van der Waals surface area contributed by atoms with Crippen LogP contribution in [0.1, 0.15) is 0 Å². The van der Waals surface area contributed by atoms with Crippen LogP contribution in [0.5, 0.6) is 0 Å². The fourth-order valence-corrected chi connectivity index (χ4v) is 3.05. The van der Waals surface area contributed by atoms with Crippen molar-refractivity contribution in [1.82, 2.24) is 9.97 Å². The number of fused-ring (bicyclic) bond motifs is 1. The molecule has 0 spiro atoms. The number of halogens is 2. The fraction of sp³-hybridized carbons (Fsp3) is 0. The number of benzene rings is 1. The van der Waals surface area contributed by atoms with Gasteiger partial charge in [0.1, 0.15) is 10.5 Å². The maximum atomic E-state index is 13.5. The second-order valence-corrected chi connectivity index (χ2v) is 5.13. The summed E-state index contributed by atoms with van der Waals surface area (Å²) >= 11 is 7.42. The number of pyridine rings is 1. The van der Waals surface area contributed by atoms with Crippen molar-refractivity contribution in [1.29, 1.82) is 0 Å². The molecule has 3 aromatic rings. The fourth-order valence-electron chi connectivity index (χ4n) is 1.70. The molecule has 0 atom stereocenters. The van der Waals surface area contributed by atoms with Gasteiger partial charge in [0, 0.05) is 29.0 Å². The van der Waals surface area contributed by atoms with Gasteiger partial charge >= 0.3 is 0 Å². The van der Waals surface area contributed by atoms with Crippen molar-refractivity contribution in [3.8, 4) is 10.6 Å². The Morgan fingerprint density at radius 3 is 2.74 bits per heavy atom. The molecule has 98 valence electrons. The zero-order valence-electron chi connectivity index (χ0n) is 9.38. The van der Waals surface area contributed by atoms with Crippen LogP contribution in [0.3, 0.4) is 0 Å². The van der Waals surface area contributed by atoms with Crippen LogP contribution in [0.4, 0.5) is 10.1 Å². The van der Waals surface area contributed by atoms with E-state index in [1.54, 1.807) is 24.4 Å². The Labute approximate surface area is 128 Å². The van der Waals surface area contributed by atoms with Crippen molar-refractivity contribution < 1.29 is 21.5 Å². The standard InChI is InChI=1S/C12H7ClFN3S.Fe/c13-6-2-1-3-8(15)10(6)12-17-11-7(14)4-16-5-9(11)18-12;/h1-5H,15H2;. The Morgan fingerprint density at radius 1 is 1.26 bits per heavy atom. The molecule has 0 amide bonds. The maximum absolute atomic E-state index is 13.5. The molecule has 3 rings (SSSR count). The summed E-state index contributed by atoms with van der Waals surface area (Å²) in [5, 5.41) is 1.10. The Hall–Kier alpha value is -1.20. The number of anilines is 1. The summed E-state index contributed by atoms with van der Waals surface area (Å²) < 4.78 is 14.2. The molecule has 3 nitrogen and oxygen atoms in total. The minimum absolute atomic E-state index is 0. The number of hydrogen-bond acceptors (Lipinski definition) is 4. The summed E-state index contributed by atoms with van der Waals surface area (Å²) in [4.78, 5) is 8.04. The first kappa shape index (κ1) is 14.2. The Balaban J connectivity index is 0.00000133. The summed E-state index contributed by atoms with van der Waals surface area (Å²) in [7, 11) is 0. The van der Waals surface area contributed by atoms with Gasteiger partial charge in [0.2, 0.25) is 0 Å². The molecule has 0 saturated heterocycles.